The summed E-state index contributed by atoms with van der Waals surface area (Å²) in [5.74, 6) is 0.915. The Morgan fingerprint density at radius 2 is 2.15 bits per heavy atom. The topological polar surface area (TPSA) is 52.8 Å². The number of hydrogen-bond acceptors (Lipinski definition) is 5. The fourth-order valence-electron chi connectivity index (χ4n) is 2.75. The molecule has 1 aromatic heterocycles. The molecule has 0 fully saturated rings. The summed E-state index contributed by atoms with van der Waals surface area (Å²) < 4.78 is 13.7. The highest BCUT2D eigenvalue weighted by molar-refractivity contribution is 7.98. The molecule has 0 atom stereocenters. The van der Waals surface area contributed by atoms with Crippen LogP contribution in [0.25, 0.3) is 10.2 Å². The van der Waals surface area contributed by atoms with E-state index >= 15 is 0 Å². The van der Waals surface area contributed by atoms with E-state index in [0.717, 1.165) is 10.2 Å². The molecule has 3 aromatic rings. The first-order valence-electron chi connectivity index (χ1n) is 7.96. The van der Waals surface area contributed by atoms with Crippen LogP contribution in [0.2, 0.25) is 0 Å². The molecule has 2 heterocycles. The van der Waals surface area contributed by atoms with Gasteiger partial charge in [-0.15, -0.1) is 18.3 Å². The van der Waals surface area contributed by atoms with Crippen LogP contribution >= 0.6 is 23.1 Å². The molecule has 1 aliphatic heterocycles. The molecule has 1 amide bonds. The van der Waals surface area contributed by atoms with E-state index in [0.29, 0.717) is 28.4 Å². The van der Waals surface area contributed by atoms with Crippen molar-refractivity contribution in [2.45, 2.75) is 11.4 Å². The van der Waals surface area contributed by atoms with Gasteiger partial charge in [0.15, 0.2) is 16.3 Å². The van der Waals surface area contributed by atoms with Gasteiger partial charge in [-0.1, -0.05) is 17.4 Å². The van der Waals surface area contributed by atoms with Crippen LogP contribution in [0, 0.1) is 0 Å². The van der Waals surface area contributed by atoms with Crippen molar-refractivity contribution >= 4 is 39.2 Å². The SMILES string of the molecule is C=CCn1c(=NC(=O)c2ccc3c(c2)OCO3)sc2cc(SC)ccc21. The van der Waals surface area contributed by atoms with Gasteiger partial charge in [0.25, 0.3) is 5.91 Å². The minimum absolute atomic E-state index is 0.178. The number of allylic oxidation sites excluding steroid dienone is 1. The number of carbonyl (C=O) groups excluding carboxylic acids is 1. The number of thiazole rings is 1. The summed E-state index contributed by atoms with van der Waals surface area (Å²) in [5, 5.41) is 0. The average molecular weight is 384 g/mol. The normalized spacial score (nSPS) is 13.3. The Morgan fingerprint density at radius 1 is 1.31 bits per heavy atom. The number of rotatable bonds is 4. The Labute approximate surface area is 158 Å². The summed E-state index contributed by atoms with van der Waals surface area (Å²) in [4.78, 5) is 18.9. The Balaban J connectivity index is 1.80. The maximum Gasteiger partial charge on any atom is 0.279 e. The number of ether oxygens (including phenoxy) is 2. The minimum Gasteiger partial charge on any atom is -0.454 e. The summed E-state index contributed by atoms with van der Waals surface area (Å²) in [6.45, 7) is 4.58. The largest absolute Gasteiger partial charge is 0.454 e. The number of carbonyl (C=O) groups is 1. The third-order valence-electron chi connectivity index (χ3n) is 4.02. The number of thioether (sulfide) groups is 1. The molecule has 0 saturated heterocycles. The van der Waals surface area contributed by atoms with Gasteiger partial charge in [-0.2, -0.15) is 4.99 Å². The van der Waals surface area contributed by atoms with Gasteiger partial charge >= 0.3 is 0 Å². The number of amides is 1. The summed E-state index contributed by atoms with van der Waals surface area (Å²) in [6, 6.07) is 11.4. The first-order chi connectivity index (χ1) is 12.7. The first kappa shape index (κ1) is 16.9. The van der Waals surface area contributed by atoms with Crippen molar-refractivity contribution in [1.29, 1.82) is 0 Å². The quantitative estimate of drug-likeness (QED) is 0.502. The smallest absolute Gasteiger partial charge is 0.279 e. The fraction of sp³-hybridized carbons (Fsp3) is 0.158. The predicted molar refractivity (Wildman–Crippen MR) is 104 cm³/mol. The molecule has 0 bridgehead atoms. The summed E-state index contributed by atoms with van der Waals surface area (Å²) >= 11 is 3.19. The van der Waals surface area contributed by atoms with Crippen LogP contribution in [-0.4, -0.2) is 23.5 Å². The van der Waals surface area contributed by atoms with Crippen LogP contribution in [0.15, 0.2) is 58.9 Å². The van der Waals surface area contributed by atoms with Crippen LogP contribution in [0.3, 0.4) is 0 Å². The lowest BCUT2D eigenvalue weighted by Gasteiger charge is -2.02. The second-order valence-corrected chi connectivity index (χ2v) is 7.49. The van der Waals surface area contributed by atoms with Crippen LogP contribution in [-0.2, 0) is 6.54 Å². The van der Waals surface area contributed by atoms with E-state index in [-0.39, 0.29) is 12.7 Å². The van der Waals surface area contributed by atoms with Gasteiger partial charge in [0.2, 0.25) is 6.79 Å². The van der Waals surface area contributed by atoms with Crippen LogP contribution in [0.5, 0.6) is 11.5 Å². The molecule has 1 aliphatic rings. The van der Waals surface area contributed by atoms with E-state index in [2.05, 4.69) is 29.8 Å². The van der Waals surface area contributed by atoms with Gasteiger partial charge in [0, 0.05) is 17.0 Å². The maximum atomic E-state index is 12.7. The third kappa shape index (κ3) is 3.04. The molecule has 26 heavy (non-hydrogen) atoms. The van der Waals surface area contributed by atoms with Gasteiger partial charge in [-0.05, 0) is 42.7 Å². The highest BCUT2D eigenvalue weighted by Gasteiger charge is 2.16. The van der Waals surface area contributed by atoms with Crippen molar-refractivity contribution in [1.82, 2.24) is 4.57 Å². The molecule has 0 aliphatic carbocycles. The van der Waals surface area contributed by atoms with Crippen molar-refractivity contribution in [3.8, 4) is 11.5 Å². The molecular formula is C19H16N2O3S2. The maximum absolute atomic E-state index is 12.7. The van der Waals surface area contributed by atoms with Crippen molar-refractivity contribution < 1.29 is 14.3 Å². The number of fused-ring (bicyclic) bond motifs is 2. The Kier molecular flexibility index (Phi) is 4.57. The van der Waals surface area contributed by atoms with Gasteiger partial charge in [-0.3, -0.25) is 4.79 Å². The van der Waals surface area contributed by atoms with Crippen LogP contribution < -0.4 is 14.3 Å². The van der Waals surface area contributed by atoms with Crippen molar-refractivity contribution in [2.24, 2.45) is 4.99 Å². The number of aromatic nitrogens is 1. The second kappa shape index (κ2) is 7.01. The summed E-state index contributed by atoms with van der Waals surface area (Å²) in [5.41, 5.74) is 1.52. The molecule has 5 nitrogen and oxygen atoms in total. The zero-order chi connectivity index (χ0) is 18.1. The summed E-state index contributed by atoms with van der Waals surface area (Å²) in [7, 11) is 0. The molecular weight excluding hydrogens is 368 g/mol. The minimum atomic E-state index is -0.308. The lowest BCUT2D eigenvalue weighted by atomic mass is 10.2. The molecule has 0 spiro atoms. The van der Waals surface area contributed by atoms with E-state index in [1.807, 2.05) is 10.8 Å². The lowest BCUT2D eigenvalue weighted by molar-refractivity contribution is 0.0997. The molecule has 0 saturated carbocycles. The number of nitrogens with zero attached hydrogens (tertiary/aromatic N) is 2. The lowest BCUT2D eigenvalue weighted by Crippen LogP contribution is -2.16. The van der Waals surface area contributed by atoms with Crippen molar-refractivity contribution in [3.05, 3.63) is 59.4 Å². The highest BCUT2D eigenvalue weighted by Crippen LogP contribution is 2.32. The molecule has 2 aromatic carbocycles. The van der Waals surface area contributed by atoms with Crippen LogP contribution in [0.4, 0.5) is 0 Å². The van der Waals surface area contributed by atoms with Gasteiger partial charge < -0.3 is 14.0 Å². The monoisotopic (exact) mass is 384 g/mol. The van der Waals surface area contributed by atoms with Gasteiger partial charge in [0.1, 0.15) is 0 Å². The van der Waals surface area contributed by atoms with E-state index in [4.69, 9.17) is 9.47 Å². The van der Waals surface area contributed by atoms with Crippen LogP contribution in [0.1, 0.15) is 10.4 Å². The van der Waals surface area contributed by atoms with Crippen molar-refractivity contribution in [2.75, 3.05) is 13.0 Å². The van der Waals surface area contributed by atoms with Crippen molar-refractivity contribution in [3.63, 3.8) is 0 Å². The molecule has 4 rings (SSSR count). The first-order valence-corrected chi connectivity index (χ1v) is 10.0. The highest BCUT2D eigenvalue weighted by atomic mass is 32.2. The standard InChI is InChI=1S/C19H16N2O3S2/c1-3-8-21-14-6-5-13(25-2)10-17(14)26-19(21)20-18(22)12-4-7-15-16(9-12)24-11-23-15/h3-7,9-10H,1,8,11H2,2H3. The predicted octanol–water partition coefficient (Wildman–Crippen LogP) is 4.08. The average Bonchev–Trinajstić information content (AvgIpc) is 3.25. The van der Waals surface area contributed by atoms with E-state index in [1.54, 1.807) is 36.0 Å². The van der Waals surface area contributed by atoms with E-state index in [9.17, 15) is 4.79 Å². The van der Waals surface area contributed by atoms with E-state index in [1.165, 1.54) is 16.2 Å². The Hall–Kier alpha value is -2.51. The molecule has 132 valence electrons. The second-order valence-electron chi connectivity index (χ2n) is 5.60. The third-order valence-corrected chi connectivity index (χ3v) is 5.78. The number of hydrogen-bond donors (Lipinski definition) is 0. The zero-order valence-electron chi connectivity index (χ0n) is 14.1. The molecule has 0 N–H and O–H groups in total. The number of benzene rings is 2. The van der Waals surface area contributed by atoms with E-state index < -0.39 is 0 Å². The molecule has 0 unspecified atom stereocenters. The zero-order valence-corrected chi connectivity index (χ0v) is 15.7. The fourth-order valence-corrected chi connectivity index (χ4v) is 4.34. The molecule has 0 radical (unpaired) electrons. The Bertz CT molecular complexity index is 1080. The van der Waals surface area contributed by atoms with Gasteiger partial charge in [-0.25, -0.2) is 0 Å². The molecule has 7 heteroatoms. The van der Waals surface area contributed by atoms with Gasteiger partial charge in [0.05, 0.1) is 10.2 Å². The summed E-state index contributed by atoms with van der Waals surface area (Å²) in [6.07, 6.45) is 3.85. The Morgan fingerprint density at radius 3 is 2.96 bits per heavy atom.